The largest absolute Gasteiger partial charge is 0.354 e. The van der Waals surface area contributed by atoms with E-state index in [1.54, 1.807) is 0 Å². The molecule has 2 aliphatic rings. The lowest BCUT2D eigenvalue weighted by Gasteiger charge is -2.14. The van der Waals surface area contributed by atoms with E-state index in [0.717, 1.165) is 15.9 Å². The van der Waals surface area contributed by atoms with Crippen LogP contribution in [-0.2, 0) is 14.4 Å². The first-order valence-corrected chi connectivity index (χ1v) is 7.63. The van der Waals surface area contributed by atoms with Crippen LogP contribution < -0.4 is 5.32 Å². The summed E-state index contributed by atoms with van der Waals surface area (Å²) in [5.41, 5.74) is 0. The van der Waals surface area contributed by atoms with E-state index in [4.69, 9.17) is 0 Å². The molecular weight excluding hydrogens is 264 g/mol. The first kappa shape index (κ1) is 14.1. The van der Waals surface area contributed by atoms with Gasteiger partial charge < -0.3 is 5.32 Å². The van der Waals surface area contributed by atoms with Crippen molar-refractivity contribution in [3.63, 3.8) is 0 Å². The van der Waals surface area contributed by atoms with Gasteiger partial charge in [0.2, 0.25) is 5.91 Å². The minimum absolute atomic E-state index is 0.182. The van der Waals surface area contributed by atoms with Crippen molar-refractivity contribution in [2.75, 3.05) is 18.8 Å². The van der Waals surface area contributed by atoms with Crippen LogP contribution in [0.3, 0.4) is 0 Å². The second-order valence-corrected chi connectivity index (χ2v) is 6.13. The number of carbonyl (C=O) groups excluding carboxylic acids is 3. The Morgan fingerprint density at radius 1 is 1.26 bits per heavy atom. The van der Waals surface area contributed by atoms with Gasteiger partial charge in [0.05, 0.1) is 0 Å². The summed E-state index contributed by atoms with van der Waals surface area (Å²) < 4.78 is 0. The highest BCUT2D eigenvalue weighted by Gasteiger charge is 2.25. The molecule has 5 nitrogen and oxygen atoms in total. The van der Waals surface area contributed by atoms with Gasteiger partial charge in [0, 0.05) is 29.7 Å². The molecule has 2 rings (SSSR count). The van der Waals surface area contributed by atoms with E-state index < -0.39 is 11.8 Å². The van der Waals surface area contributed by atoms with Crippen molar-refractivity contribution in [3.8, 4) is 0 Å². The van der Waals surface area contributed by atoms with Crippen LogP contribution >= 0.6 is 11.8 Å². The van der Waals surface area contributed by atoms with Crippen LogP contribution in [0.4, 0.5) is 0 Å². The first-order chi connectivity index (χ1) is 9.16. The molecule has 0 atom stereocenters. The monoisotopic (exact) mass is 282 g/mol. The normalized spacial score (nSPS) is 19.5. The number of imide groups is 1. The summed E-state index contributed by atoms with van der Waals surface area (Å²) >= 11 is 1.90. The fourth-order valence-electron chi connectivity index (χ4n) is 2.26. The summed E-state index contributed by atoms with van der Waals surface area (Å²) in [5, 5.41) is 3.48. The topological polar surface area (TPSA) is 66.5 Å². The summed E-state index contributed by atoms with van der Waals surface area (Å²) in [6.45, 7) is 0.405. The van der Waals surface area contributed by atoms with Crippen molar-refractivity contribution in [1.82, 2.24) is 10.2 Å². The van der Waals surface area contributed by atoms with Gasteiger partial charge in [-0.25, -0.2) is 0 Å². The number of nitrogens with zero attached hydrogens (tertiary/aromatic N) is 1. The maximum atomic E-state index is 11.6. The summed E-state index contributed by atoms with van der Waals surface area (Å²) in [6.07, 6.45) is 7.56. The smallest absolute Gasteiger partial charge is 0.254 e. The third-order valence-corrected chi connectivity index (χ3v) is 4.66. The Bertz CT molecular complexity index is 385. The van der Waals surface area contributed by atoms with E-state index in [9.17, 15) is 14.4 Å². The third kappa shape index (κ3) is 4.09. The molecule has 3 amide bonds. The van der Waals surface area contributed by atoms with Crippen LogP contribution in [0.1, 0.15) is 25.7 Å². The van der Waals surface area contributed by atoms with E-state index in [1.165, 1.54) is 37.8 Å². The molecule has 1 aliphatic carbocycles. The predicted octanol–water partition coefficient (Wildman–Crippen LogP) is 0.703. The predicted molar refractivity (Wildman–Crippen MR) is 73.6 cm³/mol. The van der Waals surface area contributed by atoms with Crippen LogP contribution in [0.15, 0.2) is 12.2 Å². The van der Waals surface area contributed by atoms with Gasteiger partial charge in [-0.15, -0.1) is 0 Å². The molecule has 0 unspecified atom stereocenters. The molecule has 1 N–H and O–H groups in total. The minimum atomic E-state index is -0.416. The van der Waals surface area contributed by atoms with Crippen molar-refractivity contribution in [2.45, 2.75) is 30.9 Å². The summed E-state index contributed by atoms with van der Waals surface area (Å²) in [4.78, 5) is 35.1. The first-order valence-electron chi connectivity index (χ1n) is 6.58. The Balaban J connectivity index is 1.59. The van der Waals surface area contributed by atoms with Gasteiger partial charge in [-0.3, -0.25) is 19.3 Å². The van der Waals surface area contributed by atoms with Crippen molar-refractivity contribution >= 4 is 29.5 Å². The highest BCUT2D eigenvalue weighted by molar-refractivity contribution is 7.99. The van der Waals surface area contributed by atoms with Crippen LogP contribution in [0.2, 0.25) is 0 Å². The quantitative estimate of drug-likeness (QED) is 0.575. The van der Waals surface area contributed by atoms with E-state index in [1.807, 2.05) is 11.8 Å². The number of thioether (sulfide) groups is 1. The summed E-state index contributed by atoms with van der Waals surface area (Å²) in [5.74, 6) is -0.227. The second kappa shape index (κ2) is 6.75. The molecule has 0 radical (unpaired) electrons. The maximum absolute atomic E-state index is 11.6. The molecule has 0 spiro atoms. The molecule has 1 fully saturated rings. The molecule has 1 aliphatic heterocycles. The number of amides is 3. The Hall–Kier alpha value is -1.30. The van der Waals surface area contributed by atoms with E-state index in [0.29, 0.717) is 6.54 Å². The van der Waals surface area contributed by atoms with Gasteiger partial charge in [0.25, 0.3) is 11.8 Å². The van der Waals surface area contributed by atoms with Gasteiger partial charge >= 0.3 is 0 Å². The van der Waals surface area contributed by atoms with Crippen molar-refractivity contribution in [2.24, 2.45) is 0 Å². The number of carbonyl (C=O) groups is 3. The zero-order valence-electron chi connectivity index (χ0n) is 10.8. The number of hydrogen-bond donors (Lipinski definition) is 1. The number of hydrogen-bond acceptors (Lipinski definition) is 4. The standard InChI is InChI=1S/C13H18N2O3S/c16-11(9-15-12(17)5-6-13(15)18)14-7-8-19-10-3-1-2-4-10/h5-6,10H,1-4,7-9H2,(H,14,16). The molecule has 0 bridgehead atoms. The van der Waals surface area contributed by atoms with Crippen LogP contribution in [0.5, 0.6) is 0 Å². The maximum Gasteiger partial charge on any atom is 0.254 e. The molecule has 104 valence electrons. The van der Waals surface area contributed by atoms with Crippen LogP contribution in [0.25, 0.3) is 0 Å². The van der Waals surface area contributed by atoms with Crippen LogP contribution in [-0.4, -0.2) is 46.7 Å². The molecule has 0 saturated heterocycles. The average Bonchev–Trinajstić information content (AvgIpc) is 3.00. The molecule has 6 heteroatoms. The molecule has 1 saturated carbocycles. The van der Waals surface area contributed by atoms with E-state index in [2.05, 4.69) is 5.32 Å². The Labute approximate surface area is 116 Å². The minimum Gasteiger partial charge on any atom is -0.354 e. The van der Waals surface area contributed by atoms with Gasteiger partial charge in [-0.2, -0.15) is 11.8 Å². The lowest BCUT2D eigenvalue weighted by Crippen LogP contribution is -2.41. The lowest BCUT2D eigenvalue weighted by atomic mass is 10.4. The zero-order valence-corrected chi connectivity index (χ0v) is 11.6. The number of nitrogens with one attached hydrogen (secondary N) is 1. The molecular formula is C13H18N2O3S. The van der Waals surface area contributed by atoms with Crippen molar-refractivity contribution in [1.29, 1.82) is 0 Å². The van der Waals surface area contributed by atoms with Gasteiger partial charge in [-0.05, 0) is 12.8 Å². The van der Waals surface area contributed by atoms with Gasteiger partial charge in [0.15, 0.2) is 0 Å². The van der Waals surface area contributed by atoms with E-state index >= 15 is 0 Å². The van der Waals surface area contributed by atoms with Crippen molar-refractivity contribution < 1.29 is 14.4 Å². The molecule has 0 aromatic heterocycles. The van der Waals surface area contributed by atoms with Crippen LogP contribution in [0, 0.1) is 0 Å². The average molecular weight is 282 g/mol. The Morgan fingerprint density at radius 3 is 2.53 bits per heavy atom. The lowest BCUT2D eigenvalue weighted by molar-refractivity contribution is -0.141. The number of rotatable bonds is 6. The molecule has 19 heavy (non-hydrogen) atoms. The second-order valence-electron chi connectivity index (χ2n) is 4.72. The summed E-state index contributed by atoms with van der Waals surface area (Å²) in [7, 11) is 0. The van der Waals surface area contributed by atoms with Gasteiger partial charge in [-0.1, -0.05) is 12.8 Å². The summed E-state index contributed by atoms with van der Waals surface area (Å²) in [6, 6.07) is 0. The SMILES string of the molecule is O=C(CN1C(=O)C=CC1=O)NCCSC1CCCC1. The van der Waals surface area contributed by atoms with Gasteiger partial charge in [0.1, 0.15) is 6.54 Å². The Kier molecular flexibility index (Phi) is 5.01. The molecule has 1 heterocycles. The molecule has 0 aromatic carbocycles. The van der Waals surface area contributed by atoms with E-state index in [-0.39, 0.29) is 12.5 Å². The molecule has 0 aromatic rings. The Morgan fingerprint density at radius 2 is 1.89 bits per heavy atom. The zero-order chi connectivity index (χ0) is 13.7. The fraction of sp³-hybridized carbons (Fsp3) is 0.615. The van der Waals surface area contributed by atoms with Crippen molar-refractivity contribution in [3.05, 3.63) is 12.2 Å². The fourth-order valence-corrected chi connectivity index (χ4v) is 3.48. The third-order valence-electron chi connectivity index (χ3n) is 3.28. The highest BCUT2D eigenvalue weighted by Crippen LogP contribution is 2.28. The highest BCUT2D eigenvalue weighted by atomic mass is 32.2.